The number of hydrogen-bond acceptors (Lipinski definition) is 1. The van der Waals surface area contributed by atoms with Gasteiger partial charge in [-0.1, -0.05) is 23.7 Å². The third kappa shape index (κ3) is 2.23. The molecule has 2 nitrogen and oxygen atoms in total. The van der Waals surface area contributed by atoms with Gasteiger partial charge in [-0.25, -0.2) is 4.39 Å². The quantitative estimate of drug-likeness (QED) is 0.727. The number of aromatic amines is 1. The van der Waals surface area contributed by atoms with E-state index in [0.29, 0.717) is 11.1 Å². The molecule has 0 aliphatic rings. The van der Waals surface area contributed by atoms with Crippen LogP contribution in [0.5, 0.6) is 0 Å². The first-order valence-corrected chi connectivity index (χ1v) is 6.23. The zero-order chi connectivity index (χ0) is 13.4. The van der Waals surface area contributed by atoms with Crippen molar-refractivity contribution >= 4 is 22.5 Å². The van der Waals surface area contributed by atoms with Gasteiger partial charge < -0.3 is 10.1 Å². The number of benzene rings is 2. The van der Waals surface area contributed by atoms with Gasteiger partial charge in [-0.2, -0.15) is 0 Å². The van der Waals surface area contributed by atoms with E-state index in [0.717, 1.165) is 10.9 Å². The van der Waals surface area contributed by atoms with Gasteiger partial charge in [-0.15, -0.1) is 0 Å². The van der Waals surface area contributed by atoms with Crippen molar-refractivity contribution in [3.05, 3.63) is 70.6 Å². The number of halogens is 2. The number of H-pyrrole nitrogens is 1. The summed E-state index contributed by atoms with van der Waals surface area (Å²) in [6, 6.07) is 11.8. The molecule has 1 unspecified atom stereocenters. The molecule has 0 fully saturated rings. The van der Waals surface area contributed by atoms with Crippen LogP contribution in [-0.4, -0.2) is 10.1 Å². The van der Waals surface area contributed by atoms with Crippen molar-refractivity contribution in [2.75, 3.05) is 0 Å². The van der Waals surface area contributed by atoms with E-state index in [9.17, 15) is 9.50 Å². The van der Waals surface area contributed by atoms with Crippen LogP contribution >= 0.6 is 11.6 Å². The molecule has 0 spiro atoms. The summed E-state index contributed by atoms with van der Waals surface area (Å²) in [5.74, 6) is -0.527. The van der Waals surface area contributed by atoms with Gasteiger partial charge in [0.2, 0.25) is 0 Å². The summed E-state index contributed by atoms with van der Waals surface area (Å²) >= 11 is 5.63. The Morgan fingerprint density at radius 3 is 2.58 bits per heavy atom. The molecule has 0 bridgehead atoms. The van der Waals surface area contributed by atoms with Crippen LogP contribution in [0.3, 0.4) is 0 Å². The topological polar surface area (TPSA) is 36.0 Å². The normalized spacial score (nSPS) is 12.8. The largest absolute Gasteiger partial charge is 0.384 e. The lowest BCUT2D eigenvalue weighted by Crippen LogP contribution is -2.00. The second-order valence-electron chi connectivity index (χ2n) is 4.40. The highest BCUT2D eigenvalue weighted by Crippen LogP contribution is 2.27. The molecule has 0 saturated carbocycles. The molecule has 19 heavy (non-hydrogen) atoms. The maximum atomic E-state index is 13.4. The van der Waals surface area contributed by atoms with E-state index in [-0.39, 0.29) is 5.02 Å². The number of aliphatic hydroxyl groups excluding tert-OH is 1. The zero-order valence-corrected chi connectivity index (χ0v) is 10.7. The molecule has 3 rings (SSSR count). The summed E-state index contributed by atoms with van der Waals surface area (Å²) in [6.45, 7) is 0. The van der Waals surface area contributed by atoms with Gasteiger partial charge >= 0.3 is 0 Å². The number of fused-ring (bicyclic) bond motifs is 1. The highest BCUT2D eigenvalue weighted by atomic mass is 35.5. The van der Waals surface area contributed by atoms with E-state index in [1.807, 2.05) is 30.5 Å². The van der Waals surface area contributed by atoms with Crippen molar-refractivity contribution in [1.82, 2.24) is 4.98 Å². The Kier molecular flexibility index (Phi) is 3.01. The zero-order valence-electron chi connectivity index (χ0n) is 9.90. The SMILES string of the molecule is OC(c1ccc(Cl)c(F)c1)c1ccc2[nH]ccc2c1. The average molecular weight is 276 g/mol. The lowest BCUT2D eigenvalue weighted by molar-refractivity contribution is 0.220. The van der Waals surface area contributed by atoms with Gasteiger partial charge in [0.15, 0.2) is 0 Å². The molecule has 2 N–H and O–H groups in total. The number of aliphatic hydroxyl groups is 1. The predicted octanol–water partition coefficient (Wildman–Crippen LogP) is 4.04. The van der Waals surface area contributed by atoms with Crippen LogP contribution in [0.2, 0.25) is 5.02 Å². The van der Waals surface area contributed by atoms with E-state index in [4.69, 9.17) is 11.6 Å². The van der Waals surface area contributed by atoms with Crippen molar-refractivity contribution in [1.29, 1.82) is 0 Å². The number of aromatic nitrogens is 1. The summed E-state index contributed by atoms with van der Waals surface area (Å²) in [4.78, 5) is 3.08. The first kappa shape index (κ1) is 12.2. The standard InChI is InChI=1S/C15H11ClFNO/c16-12-3-1-11(8-13(12)17)15(19)10-2-4-14-9(7-10)5-6-18-14/h1-8,15,18-19H. The minimum atomic E-state index is -0.869. The Balaban J connectivity index is 2.01. The minimum Gasteiger partial charge on any atom is -0.384 e. The van der Waals surface area contributed by atoms with Crippen molar-refractivity contribution in [3.8, 4) is 0 Å². The van der Waals surface area contributed by atoms with Crippen LogP contribution in [0.15, 0.2) is 48.7 Å². The van der Waals surface area contributed by atoms with Crippen LogP contribution < -0.4 is 0 Å². The fraction of sp³-hybridized carbons (Fsp3) is 0.0667. The summed E-state index contributed by atoms with van der Waals surface area (Å²) in [7, 11) is 0. The number of hydrogen-bond donors (Lipinski definition) is 2. The third-order valence-corrected chi connectivity index (χ3v) is 3.46. The van der Waals surface area contributed by atoms with Crippen molar-refractivity contribution in [3.63, 3.8) is 0 Å². The molecular weight excluding hydrogens is 265 g/mol. The molecule has 3 aromatic rings. The molecule has 1 aromatic heterocycles. The smallest absolute Gasteiger partial charge is 0.142 e. The van der Waals surface area contributed by atoms with Crippen molar-refractivity contribution in [2.24, 2.45) is 0 Å². The molecule has 0 radical (unpaired) electrons. The first-order valence-electron chi connectivity index (χ1n) is 5.85. The molecule has 0 aliphatic heterocycles. The lowest BCUT2D eigenvalue weighted by atomic mass is 10.0. The van der Waals surface area contributed by atoms with Crippen molar-refractivity contribution < 1.29 is 9.50 Å². The molecule has 96 valence electrons. The second-order valence-corrected chi connectivity index (χ2v) is 4.81. The first-order chi connectivity index (χ1) is 9.15. The Morgan fingerprint density at radius 1 is 1.05 bits per heavy atom. The van der Waals surface area contributed by atoms with Crippen LogP contribution in [0, 0.1) is 5.82 Å². The summed E-state index contributed by atoms with van der Waals surface area (Å²) in [6.07, 6.45) is 0.967. The molecule has 0 aliphatic carbocycles. The van der Waals surface area contributed by atoms with Crippen LogP contribution in [0.1, 0.15) is 17.2 Å². The highest BCUT2D eigenvalue weighted by molar-refractivity contribution is 6.30. The fourth-order valence-corrected chi connectivity index (χ4v) is 2.23. The van der Waals surface area contributed by atoms with Gasteiger partial charge in [0, 0.05) is 11.7 Å². The van der Waals surface area contributed by atoms with Crippen molar-refractivity contribution in [2.45, 2.75) is 6.10 Å². The Labute approximate surface area is 114 Å². The van der Waals surface area contributed by atoms with Gasteiger partial charge in [-0.05, 0) is 46.8 Å². The molecule has 4 heteroatoms. The van der Waals surface area contributed by atoms with Crippen LogP contribution in [0.4, 0.5) is 4.39 Å². The molecular formula is C15H11ClFNO. The number of rotatable bonds is 2. The maximum Gasteiger partial charge on any atom is 0.142 e. The van der Waals surface area contributed by atoms with E-state index in [1.54, 1.807) is 6.07 Å². The van der Waals surface area contributed by atoms with E-state index < -0.39 is 11.9 Å². The molecule has 1 atom stereocenters. The predicted molar refractivity (Wildman–Crippen MR) is 73.8 cm³/mol. The second kappa shape index (κ2) is 4.68. The minimum absolute atomic E-state index is 0.0528. The summed E-state index contributed by atoms with van der Waals surface area (Å²) < 4.78 is 13.4. The molecule has 1 heterocycles. The monoisotopic (exact) mass is 275 g/mol. The Morgan fingerprint density at radius 2 is 1.79 bits per heavy atom. The number of nitrogens with one attached hydrogen (secondary N) is 1. The molecule has 0 saturated heterocycles. The highest BCUT2D eigenvalue weighted by Gasteiger charge is 2.13. The lowest BCUT2D eigenvalue weighted by Gasteiger charge is -2.12. The molecule has 2 aromatic carbocycles. The Hall–Kier alpha value is -1.84. The molecule has 0 amide bonds. The van der Waals surface area contributed by atoms with E-state index in [2.05, 4.69) is 4.98 Å². The van der Waals surface area contributed by atoms with E-state index >= 15 is 0 Å². The Bertz CT molecular complexity index is 738. The third-order valence-electron chi connectivity index (χ3n) is 3.15. The fourth-order valence-electron chi connectivity index (χ4n) is 2.12. The van der Waals surface area contributed by atoms with E-state index in [1.165, 1.54) is 12.1 Å². The van der Waals surface area contributed by atoms with Gasteiger partial charge in [-0.3, -0.25) is 0 Å². The van der Waals surface area contributed by atoms with Gasteiger partial charge in [0.05, 0.1) is 5.02 Å². The average Bonchev–Trinajstić information content (AvgIpc) is 2.88. The summed E-state index contributed by atoms with van der Waals surface area (Å²) in [5, 5.41) is 11.3. The van der Waals surface area contributed by atoms with Gasteiger partial charge in [0.1, 0.15) is 11.9 Å². The summed E-state index contributed by atoms with van der Waals surface area (Å²) in [5.41, 5.74) is 2.20. The van der Waals surface area contributed by atoms with Gasteiger partial charge in [0.25, 0.3) is 0 Å². The van der Waals surface area contributed by atoms with Crippen LogP contribution in [0.25, 0.3) is 10.9 Å². The van der Waals surface area contributed by atoms with Crippen LogP contribution in [-0.2, 0) is 0 Å². The maximum absolute atomic E-state index is 13.4.